The number of aromatic nitrogens is 1. The van der Waals surface area contributed by atoms with E-state index in [-0.39, 0.29) is 0 Å². The van der Waals surface area contributed by atoms with Crippen molar-refractivity contribution in [2.75, 3.05) is 5.75 Å². The van der Waals surface area contributed by atoms with Crippen molar-refractivity contribution in [3.8, 4) is 6.07 Å². The molecule has 0 aliphatic heterocycles. The van der Waals surface area contributed by atoms with Gasteiger partial charge in [0.05, 0.1) is 0 Å². The molecule has 0 amide bonds. The Morgan fingerprint density at radius 2 is 2.29 bits per heavy atom. The summed E-state index contributed by atoms with van der Waals surface area (Å²) < 4.78 is 0. The number of nitrogens with zero attached hydrogens (tertiary/aromatic N) is 2. The number of rotatable bonds is 4. The molecule has 0 fully saturated rings. The van der Waals surface area contributed by atoms with Crippen molar-refractivity contribution in [1.82, 2.24) is 4.98 Å². The smallest absolute Gasteiger partial charge is 0.153 e. The zero-order chi connectivity index (χ0) is 10.4. The Bertz CT molecular complexity index is 342. The summed E-state index contributed by atoms with van der Waals surface area (Å²) in [5.74, 6) is 1.05. The van der Waals surface area contributed by atoms with E-state index in [1.165, 1.54) is 5.56 Å². The monoisotopic (exact) mass is 206 g/mol. The molecule has 3 heteroatoms. The van der Waals surface area contributed by atoms with Gasteiger partial charge < -0.3 is 0 Å². The van der Waals surface area contributed by atoms with Crippen LogP contribution in [0, 0.1) is 11.3 Å². The molecule has 0 aromatic carbocycles. The van der Waals surface area contributed by atoms with Gasteiger partial charge >= 0.3 is 0 Å². The van der Waals surface area contributed by atoms with E-state index in [9.17, 15) is 0 Å². The van der Waals surface area contributed by atoms with E-state index in [2.05, 4.69) is 31.0 Å². The summed E-state index contributed by atoms with van der Waals surface area (Å²) in [4.78, 5) is 5.16. The standard InChI is InChI=1S/C11H14N2S/c1-3-5-14-11-6-9(4-2)8-13-10(11)7-12/h6,8H,3-5H2,1-2H3. The molecule has 14 heavy (non-hydrogen) atoms. The third-order valence-electron chi connectivity index (χ3n) is 1.89. The second-order valence-electron chi connectivity index (χ2n) is 3.00. The highest BCUT2D eigenvalue weighted by atomic mass is 32.2. The molecule has 0 aliphatic rings. The third-order valence-corrected chi connectivity index (χ3v) is 3.12. The molecule has 0 aliphatic carbocycles. The van der Waals surface area contributed by atoms with Gasteiger partial charge in [-0.25, -0.2) is 4.98 Å². The molecule has 1 aromatic heterocycles. The van der Waals surface area contributed by atoms with E-state index >= 15 is 0 Å². The molecule has 0 N–H and O–H groups in total. The molecule has 0 saturated heterocycles. The maximum absolute atomic E-state index is 8.86. The molecule has 0 bridgehead atoms. The molecule has 0 atom stereocenters. The van der Waals surface area contributed by atoms with Gasteiger partial charge in [-0.1, -0.05) is 13.8 Å². The maximum atomic E-state index is 8.86. The van der Waals surface area contributed by atoms with Crippen LogP contribution >= 0.6 is 11.8 Å². The fourth-order valence-corrected chi connectivity index (χ4v) is 1.98. The Hall–Kier alpha value is -1.01. The molecule has 1 aromatic rings. The average Bonchev–Trinajstić information content (AvgIpc) is 2.25. The molecular weight excluding hydrogens is 192 g/mol. The normalized spacial score (nSPS) is 9.79. The predicted molar refractivity (Wildman–Crippen MR) is 59.3 cm³/mol. The fraction of sp³-hybridized carbons (Fsp3) is 0.455. The molecule has 0 unspecified atom stereocenters. The van der Waals surface area contributed by atoms with Crippen molar-refractivity contribution < 1.29 is 0 Å². The molecule has 0 spiro atoms. The topological polar surface area (TPSA) is 36.7 Å². The zero-order valence-electron chi connectivity index (χ0n) is 8.58. The van der Waals surface area contributed by atoms with Crippen molar-refractivity contribution in [2.45, 2.75) is 31.6 Å². The molecule has 74 valence electrons. The lowest BCUT2D eigenvalue weighted by Crippen LogP contribution is -1.91. The fourth-order valence-electron chi connectivity index (χ4n) is 1.08. The van der Waals surface area contributed by atoms with E-state index in [0.29, 0.717) is 5.69 Å². The van der Waals surface area contributed by atoms with E-state index in [0.717, 1.165) is 23.5 Å². The first-order valence-corrected chi connectivity index (χ1v) is 5.82. The van der Waals surface area contributed by atoms with Crippen molar-refractivity contribution in [1.29, 1.82) is 5.26 Å². The largest absolute Gasteiger partial charge is 0.244 e. The molecular formula is C11H14N2S. The highest BCUT2D eigenvalue weighted by molar-refractivity contribution is 7.99. The van der Waals surface area contributed by atoms with Crippen LogP contribution in [0.3, 0.4) is 0 Å². The highest BCUT2D eigenvalue weighted by Crippen LogP contribution is 2.22. The van der Waals surface area contributed by atoms with Crippen molar-refractivity contribution in [2.24, 2.45) is 0 Å². The Morgan fingerprint density at radius 1 is 1.50 bits per heavy atom. The summed E-state index contributed by atoms with van der Waals surface area (Å²) in [6.07, 6.45) is 3.87. The summed E-state index contributed by atoms with van der Waals surface area (Å²) in [5, 5.41) is 8.86. The van der Waals surface area contributed by atoms with Gasteiger partial charge in [0.2, 0.25) is 0 Å². The molecule has 0 radical (unpaired) electrons. The lowest BCUT2D eigenvalue weighted by atomic mass is 10.2. The van der Waals surface area contributed by atoms with Gasteiger partial charge in [0.15, 0.2) is 5.69 Å². The lowest BCUT2D eigenvalue weighted by Gasteiger charge is -2.03. The zero-order valence-corrected chi connectivity index (χ0v) is 9.40. The van der Waals surface area contributed by atoms with Crippen LogP contribution in [0.2, 0.25) is 0 Å². The van der Waals surface area contributed by atoms with Crippen molar-refractivity contribution in [3.63, 3.8) is 0 Å². The second kappa shape index (κ2) is 5.66. The van der Waals surface area contributed by atoms with Gasteiger partial charge in [-0.15, -0.1) is 11.8 Å². The quantitative estimate of drug-likeness (QED) is 0.710. The first-order valence-electron chi connectivity index (χ1n) is 4.83. The van der Waals surface area contributed by atoms with Crippen LogP contribution in [0.4, 0.5) is 0 Å². The van der Waals surface area contributed by atoms with E-state index in [1.54, 1.807) is 18.0 Å². The summed E-state index contributed by atoms with van der Waals surface area (Å²) in [6.45, 7) is 4.23. The van der Waals surface area contributed by atoms with Crippen LogP contribution in [0.15, 0.2) is 17.2 Å². The first kappa shape index (κ1) is 11.1. The van der Waals surface area contributed by atoms with Crippen LogP contribution in [-0.4, -0.2) is 10.7 Å². The highest BCUT2D eigenvalue weighted by Gasteiger charge is 2.04. The number of hydrogen-bond donors (Lipinski definition) is 0. The third kappa shape index (κ3) is 2.74. The Morgan fingerprint density at radius 3 is 2.86 bits per heavy atom. The SMILES string of the molecule is CCCSc1cc(CC)cnc1C#N. The Kier molecular flexibility index (Phi) is 4.48. The van der Waals surface area contributed by atoms with Crippen LogP contribution in [-0.2, 0) is 6.42 Å². The predicted octanol–water partition coefficient (Wildman–Crippen LogP) is 3.02. The first-order chi connectivity index (χ1) is 6.81. The number of hydrogen-bond acceptors (Lipinski definition) is 3. The number of thioether (sulfide) groups is 1. The molecule has 0 saturated carbocycles. The van der Waals surface area contributed by atoms with Gasteiger partial charge in [-0.2, -0.15) is 5.26 Å². The lowest BCUT2D eigenvalue weighted by molar-refractivity contribution is 1.05. The summed E-state index contributed by atoms with van der Waals surface area (Å²) in [7, 11) is 0. The minimum Gasteiger partial charge on any atom is -0.244 e. The van der Waals surface area contributed by atoms with Gasteiger partial charge in [-0.3, -0.25) is 0 Å². The molecule has 2 nitrogen and oxygen atoms in total. The van der Waals surface area contributed by atoms with E-state index < -0.39 is 0 Å². The number of nitriles is 1. The van der Waals surface area contributed by atoms with Crippen molar-refractivity contribution >= 4 is 11.8 Å². The van der Waals surface area contributed by atoms with Crippen LogP contribution in [0.25, 0.3) is 0 Å². The molecule has 1 rings (SSSR count). The average molecular weight is 206 g/mol. The maximum Gasteiger partial charge on any atom is 0.153 e. The second-order valence-corrected chi connectivity index (χ2v) is 4.14. The number of aryl methyl sites for hydroxylation is 1. The van der Waals surface area contributed by atoms with Crippen LogP contribution in [0.5, 0.6) is 0 Å². The minimum atomic E-state index is 0.556. The summed E-state index contributed by atoms with van der Waals surface area (Å²) in [5.41, 5.74) is 1.75. The Labute approximate surface area is 89.4 Å². The summed E-state index contributed by atoms with van der Waals surface area (Å²) in [6, 6.07) is 4.20. The van der Waals surface area contributed by atoms with Gasteiger partial charge in [-0.05, 0) is 30.2 Å². The minimum absolute atomic E-state index is 0.556. The van der Waals surface area contributed by atoms with Gasteiger partial charge in [0.25, 0.3) is 0 Å². The van der Waals surface area contributed by atoms with E-state index in [1.807, 2.05) is 0 Å². The molecule has 1 heterocycles. The van der Waals surface area contributed by atoms with E-state index in [4.69, 9.17) is 5.26 Å². The van der Waals surface area contributed by atoms with Crippen molar-refractivity contribution in [3.05, 3.63) is 23.5 Å². The van der Waals surface area contributed by atoms with Crippen LogP contribution < -0.4 is 0 Å². The van der Waals surface area contributed by atoms with Crippen LogP contribution in [0.1, 0.15) is 31.5 Å². The summed E-state index contributed by atoms with van der Waals surface area (Å²) >= 11 is 1.72. The van der Waals surface area contributed by atoms with Gasteiger partial charge in [0, 0.05) is 11.1 Å². The number of pyridine rings is 1. The van der Waals surface area contributed by atoms with Gasteiger partial charge in [0.1, 0.15) is 6.07 Å². The Balaban J connectivity index is 2.91.